The third-order valence-electron chi connectivity index (χ3n) is 4.48. The van der Waals surface area contributed by atoms with Crippen LogP contribution < -0.4 is 10.9 Å². The number of ether oxygens (including phenoxy) is 1. The second-order valence-electron chi connectivity index (χ2n) is 6.99. The molecule has 27 heavy (non-hydrogen) atoms. The van der Waals surface area contributed by atoms with Gasteiger partial charge in [0.2, 0.25) is 0 Å². The van der Waals surface area contributed by atoms with Crippen molar-refractivity contribution in [3.8, 4) is 0 Å². The van der Waals surface area contributed by atoms with Crippen LogP contribution in [0, 0.1) is 13.8 Å². The summed E-state index contributed by atoms with van der Waals surface area (Å²) in [7, 11) is 0. The number of thiophene rings is 1. The molecule has 2 N–H and O–H groups in total. The molecule has 0 radical (unpaired) electrons. The number of imide groups is 1. The molecule has 0 unspecified atom stereocenters. The van der Waals surface area contributed by atoms with Crippen LogP contribution >= 0.6 is 11.3 Å². The number of rotatable bonds is 4. The summed E-state index contributed by atoms with van der Waals surface area (Å²) >= 11 is 1.39. The minimum Gasteiger partial charge on any atom is -0.453 e. The first-order chi connectivity index (χ1) is 12.5. The van der Waals surface area contributed by atoms with Crippen LogP contribution in [0.15, 0.2) is 4.79 Å². The summed E-state index contributed by atoms with van der Waals surface area (Å²) in [6.45, 7) is 7.91. The SMILES string of the molecule is Cc1sc2nc([C@H](C)OC(=O)CN3C(=O)NC(C)(C)C3=O)[nH]c(=O)c2c1C. The fourth-order valence-electron chi connectivity index (χ4n) is 2.84. The molecular formula is C17H20N4O5S. The second kappa shape index (κ2) is 6.45. The van der Waals surface area contributed by atoms with Crippen LogP contribution in [0.1, 0.15) is 43.1 Å². The van der Waals surface area contributed by atoms with Crippen molar-refractivity contribution in [3.05, 3.63) is 26.6 Å². The average molecular weight is 392 g/mol. The number of carbonyl (C=O) groups is 3. The van der Waals surface area contributed by atoms with Crippen molar-refractivity contribution in [2.45, 2.75) is 46.3 Å². The second-order valence-corrected chi connectivity index (χ2v) is 8.20. The number of aromatic nitrogens is 2. The number of esters is 1. The summed E-state index contributed by atoms with van der Waals surface area (Å²) in [6, 6.07) is -0.646. The predicted octanol–water partition coefficient (Wildman–Crippen LogP) is 1.54. The first-order valence-corrected chi connectivity index (χ1v) is 9.16. The highest BCUT2D eigenvalue weighted by atomic mass is 32.1. The van der Waals surface area contributed by atoms with Crippen molar-refractivity contribution < 1.29 is 19.1 Å². The lowest BCUT2D eigenvalue weighted by atomic mass is 10.1. The minimum atomic E-state index is -1.06. The lowest BCUT2D eigenvalue weighted by Gasteiger charge is -2.17. The van der Waals surface area contributed by atoms with Crippen LogP contribution in [0.4, 0.5) is 4.79 Å². The maximum atomic E-state index is 12.3. The van der Waals surface area contributed by atoms with Gasteiger partial charge in [-0.15, -0.1) is 11.3 Å². The van der Waals surface area contributed by atoms with Gasteiger partial charge >= 0.3 is 12.0 Å². The van der Waals surface area contributed by atoms with Gasteiger partial charge in [0.25, 0.3) is 11.5 Å². The van der Waals surface area contributed by atoms with E-state index in [1.165, 1.54) is 11.3 Å². The highest BCUT2D eigenvalue weighted by molar-refractivity contribution is 7.18. The van der Waals surface area contributed by atoms with Gasteiger partial charge in [0.15, 0.2) is 11.9 Å². The van der Waals surface area contributed by atoms with Gasteiger partial charge in [0.1, 0.15) is 16.9 Å². The molecule has 0 saturated carbocycles. The number of nitrogens with zero attached hydrogens (tertiary/aromatic N) is 2. The Bertz CT molecular complexity index is 1020. The van der Waals surface area contributed by atoms with Crippen molar-refractivity contribution in [3.63, 3.8) is 0 Å². The Balaban J connectivity index is 1.76. The van der Waals surface area contributed by atoms with Gasteiger partial charge in [-0.3, -0.25) is 19.3 Å². The van der Waals surface area contributed by atoms with E-state index in [2.05, 4.69) is 15.3 Å². The number of hydrogen-bond acceptors (Lipinski definition) is 7. The van der Waals surface area contributed by atoms with E-state index in [4.69, 9.17) is 4.74 Å². The molecule has 1 atom stereocenters. The van der Waals surface area contributed by atoms with Gasteiger partial charge in [0.05, 0.1) is 5.39 Å². The predicted molar refractivity (Wildman–Crippen MR) is 98.5 cm³/mol. The fourth-order valence-corrected chi connectivity index (χ4v) is 3.88. The molecule has 0 aliphatic carbocycles. The van der Waals surface area contributed by atoms with Gasteiger partial charge in [0, 0.05) is 4.88 Å². The molecule has 1 aliphatic heterocycles. The summed E-state index contributed by atoms with van der Waals surface area (Å²) in [5, 5.41) is 3.02. The lowest BCUT2D eigenvalue weighted by Crippen LogP contribution is -2.41. The van der Waals surface area contributed by atoms with E-state index in [0.717, 1.165) is 15.3 Å². The maximum Gasteiger partial charge on any atom is 0.326 e. The number of amides is 3. The summed E-state index contributed by atoms with van der Waals surface area (Å²) in [5.41, 5.74) is -0.480. The number of fused-ring (bicyclic) bond motifs is 1. The first-order valence-electron chi connectivity index (χ1n) is 8.34. The van der Waals surface area contributed by atoms with Gasteiger partial charge in [-0.05, 0) is 40.2 Å². The highest BCUT2D eigenvalue weighted by Crippen LogP contribution is 2.27. The number of hydrogen-bond donors (Lipinski definition) is 2. The number of urea groups is 1. The summed E-state index contributed by atoms with van der Waals surface area (Å²) in [4.78, 5) is 57.9. The van der Waals surface area contributed by atoms with Gasteiger partial charge in [-0.1, -0.05) is 0 Å². The van der Waals surface area contributed by atoms with Crippen LogP contribution in [0.2, 0.25) is 0 Å². The topological polar surface area (TPSA) is 121 Å². The first kappa shape index (κ1) is 19.0. The van der Waals surface area contributed by atoms with Gasteiger partial charge < -0.3 is 15.0 Å². The molecule has 9 nitrogen and oxygen atoms in total. The van der Waals surface area contributed by atoms with Gasteiger partial charge in [-0.2, -0.15) is 0 Å². The Hall–Kier alpha value is -2.75. The largest absolute Gasteiger partial charge is 0.453 e. The Morgan fingerprint density at radius 3 is 2.56 bits per heavy atom. The number of aromatic amines is 1. The Morgan fingerprint density at radius 1 is 1.30 bits per heavy atom. The molecule has 3 amide bonds. The Morgan fingerprint density at radius 2 is 1.96 bits per heavy atom. The minimum absolute atomic E-state index is 0.208. The lowest BCUT2D eigenvalue weighted by molar-refractivity contribution is -0.152. The average Bonchev–Trinajstić information content (AvgIpc) is 2.95. The van der Waals surface area contributed by atoms with Crippen molar-refractivity contribution in [1.82, 2.24) is 20.2 Å². The van der Waals surface area contributed by atoms with Crippen molar-refractivity contribution >= 4 is 39.5 Å². The molecule has 0 spiro atoms. The summed E-state index contributed by atoms with van der Waals surface area (Å²) < 4.78 is 5.26. The Kier molecular flexibility index (Phi) is 4.54. The standard InChI is InChI=1S/C17H20N4O5S/c1-7-9(3)27-14-11(7)13(23)18-12(19-14)8(2)26-10(22)6-21-15(24)17(4,5)20-16(21)25/h8H,6H2,1-5H3,(H,20,25)(H,18,19,23)/t8-/m0/s1. The molecule has 0 bridgehead atoms. The zero-order valence-electron chi connectivity index (χ0n) is 15.6. The van der Waals surface area contributed by atoms with Crippen LogP contribution in [-0.4, -0.2) is 44.9 Å². The smallest absolute Gasteiger partial charge is 0.326 e. The third-order valence-corrected chi connectivity index (χ3v) is 5.58. The molecule has 3 heterocycles. The molecule has 1 fully saturated rings. The number of aryl methyl sites for hydroxylation is 2. The monoisotopic (exact) mass is 392 g/mol. The van der Waals surface area contributed by atoms with Crippen LogP contribution in [-0.2, 0) is 14.3 Å². The van der Waals surface area contributed by atoms with E-state index in [9.17, 15) is 19.2 Å². The quantitative estimate of drug-likeness (QED) is 0.601. The number of carbonyl (C=O) groups excluding carboxylic acids is 3. The zero-order valence-corrected chi connectivity index (χ0v) is 16.4. The van der Waals surface area contributed by atoms with E-state index in [1.807, 2.05) is 13.8 Å². The van der Waals surface area contributed by atoms with E-state index >= 15 is 0 Å². The highest BCUT2D eigenvalue weighted by Gasteiger charge is 2.45. The molecular weight excluding hydrogens is 372 g/mol. The fraction of sp³-hybridized carbons (Fsp3) is 0.471. The molecule has 144 valence electrons. The molecule has 10 heteroatoms. The van der Waals surface area contributed by atoms with Gasteiger partial charge in [-0.25, -0.2) is 9.78 Å². The zero-order chi connectivity index (χ0) is 20.1. The van der Waals surface area contributed by atoms with E-state index in [0.29, 0.717) is 10.2 Å². The third kappa shape index (κ3) is 3.32. The molecule has 1 aliphatic rings. The van der Waals surface area contributed by atoms with Crippen molar-refractivity contribution in [1.29, 1.82) is 0 Å². The molecule has 2 aromatic heterocycles. The van der Waals surface area contributed by atoms with Crippen molar-refractivity contribution in [2.24, 2.45) is 0 Å². The van der Waals surface area contributed by atoms with E-state index in [-0.39, 0.29) is 11.4 Å². The van der Waals surface area contributed by atoms with Crippen LogP contribution in [0.5, 0.6) is 0 Å². The van der Waals surface area contributed by atoms with E-state index in [1.54, 1.807) is 20.8 Å². The maximum absolute atomic E-state index is 12.3. The molecule has 2 aromatic rings. The number of H-pyrrole nitrogens is 1. The van der Waals surface area contributed by atoms with Crippen LogP contribution in [0.3, 0.4) is 0 Å². The normalized spacial score (nSPS) is 17.3. The molecule has 3 rings (SSSR count). The van der Waals surface area contributed by atoms with Crippen LogP contribution in [0.25, 0.3) is 10.2 Å². The molecule has 1 saturated heterocycles. The number of nitrogens with one attached hydrogen (secondary N) is 2. The van der Waals surface area contributed by atoms with Crippen molar-refractivity contribution in [2.75, 3.05) is 6.54 Å². The summed E-state index contributed by atoms with van der Waals surface area (Å²) in [6.07, 6.45) is -0.842. The van der Waals surface area contributed by atoms with E-state index < -0.39 is 36.1 Å². The molecule has 0 aromatic carbocycles. The Labute approximate surface area is 158 Å². The summed E-state index contributed by atoms with van der Waals surface area (Å²) in [5.74, 6) is -1.07.